The van der Waals surface area contributed by atoms with Gasteiger partial charge >= 0.3 is 8.60 Å². The third-order valence-corrected chi connectivity index (χ3v) is 6.34. The third kappa shape index (κ3) is 26.4. The van der Waals surface area contributed by atoms with Crippen LogP contribution < -0.4 is 0 Å². The highest BCUT2D eigenvalue weighted by Gasteiger charge is 2.11. The monoisotopic (exact) mass is 479 g/mol. The Labute approximate surface area is 200 Å². The molecule has 0 heterocycles. The lowest BCUT2D eigenvalue weighted by atomic mass is 10.0. The molecule has 194 valence electrons. The fraction of sp³-hybridized carbons (Fsp3) is 1.00. The molecule has 0 saturated carbocycles. The van der Waals surface area contributed by atoms with Gasteiger partial charge in [0, 0.05) is 13.2 Å². The molecule has 2 N–H and O–H groups in total. The summed E-state index contributed by atoms with van der Waals surface area (Å²) in [5.41, 5.74) is 0. The lowest BCUT2D eigenvalue weighted by Gasteiger charge is -2.15. The molecular weight excluding hydrogens is 425 g/mol. The largest absolute Gasteiger partial charge is 0.388 e. The molecule has 0 bridgehead atoms. The van der Waals surface area contributed by atoms with E-state index in [1.54, 1.807) is 0 Å². The van der Waals surface area contributed by atoms with E-state index in [9.17, 15) is 10.00 Å². The number of aliphatic hydroxyl groups excluding tert-OH is 1. The standard InChI is InChI=1S/C25H54NO5P/c1-4-5-6-7-8-9-10-11-12-13-14-15-16-17-18-19-21-29-23-25(27)24-31-32(28)30-22-20-26(2)3/h25,27-28H,4-24H2,1-3H3. The first-order valence-corrected chi connectivity index (χ1v) is 14.3. The number of likely N-dealkylation sites (N-methyl/N-ethyl adjacent to an activating group) is 1. The molecule has 0 fully saturated rings. The molecule has 0 aromatic rings. The Hall–Kier alpha value is 0.190. The van der Waals surface area contributed by atoms with Crippen molar-refractivity contribution in [2.75, 3.05) is 47.1 Å². The molecule has 2 unspecified atom stereocenters. The second-order valence-corrected chi connectivity index (χ2v) is 10.2. The number of hydrogen-bond donors (Lipinski definition) is 2. The Kier molecular flexibility index (Phi) is 26.0. The van der Waals surface area contributed by atoms with E-state index in [1.165, 1.54) is 96.3 Å². The van der Waals surface area contributed by atoms with Crippen molar-refractivity contribution in [1.82, 2.24) is 4.90 Å². The Morgan fingerprint density at radius 1 is 0.656 bits per heavy atom. The SMILES string of the molecule is CCCCCCCCCCCCCCCCCCOCC(O)COP(O)OCCN(C)C. The second-order valence-electron chi connectivity index (χ2n) is 9.20. The van der Waals surface area contributed by atoms with Crippen LogP contribution in [-0.4, -0.2) is 68.1 Å². The van der Waals surface area contributed by atoms with E-state index < -0.39 is 14.7 Å². The molecule has 0 rings (SSSR count). The van der Waals surface area contributed by atoms with Gasteiger partial charge in [-0.05, 0) is 20.5 Å². The zero-order valence-corrected chi connectivity index (χ0v) is 22.3. The Morgan fingerprint density at radius 3 is 1.59 bits per heavy atom. The summed E-state index contributed by atoms with van der Waals surface area (Å²) in [6.07, 6.45) is 21.0. The zero-order valence-electron chi connectivity index (χ0n) is 21.4. The van der Waals surface area contributed by atoms with E-state index in [1.807, 2.05) is 19.0 Å². The first-order valence-electron chi connectivity index (χ1n) is 13.2. The topological polar surface area (TPSA) is 71.4 Å². The van der Waals surface area contributed by atoms with Gasteiger partial charge in [-0.15, -0.1) is 0 Å². The number of hydrogen-bond acceptors (Lipinski definition) is 6. The zero-order chi connectivity index (χ0) is 23.7. The minimum atomic E-state index is -1.93. The normalized spacial score (nSPS) is 13.7. The minimum Gasteiger partial charge on any atom is -0.388 e. The quantitative estimate of drug-likeness (QED) is 0.110. The molecule has 6 nitrogen and oxygen atoms in total. The van der Waals surface area contributed by atoms with Crippen LogP contribution >= 0.6 is 8.60 Å². The van der Waals surface area contributed by atoms with Gasteiger partial charge in [-0.1, -0.05) is 103 Å². The highest BCUT2D eigenvalue weighted by atomic mass is 31.2. The Balaban J connectivity index is 3.21. The summed E-state index contributed by atoms with van der Waals surface area (Å²) >= 11 is 0. The molecule has 0 aliphatic rings. The predicted octanol–water partition coefficient (Wildman–Crippen LogP) is 6.44. The summed E-state index contributed by atoms with van der Waals surface area (Å²) in [4.78, 5) is 11.6. The van der Waals surface area contributed by atoms with E-state index in [4.69, 9.17) is 13.8 Å². The van der Waals surface area contributed by atoms with Gasteiger partial charge in [0.2, 0.25) is 0 Å². The van der Waals surface area contributed by atoms with Crippen molar-refractivity contribution in [3.05, 3.63) is 0 Å². The lowest BCUT2D eigenvalue weighted by molar-refractivity contribution is 0.00689. The van der Waals surface area contributed by atoms with Crippen LogP contribution in [0.25, 0.3) is 0 Å². The van der Waals surface area contributed by atoms with Gasteiger partial charge in [-0.2, -0.15) is 0 Å². The summed E-state index contributed by atoms with van der Waals surface area (Å²) in [6, 6.07) is 0. The molecule has 0 aromatic heterocycles. The Morgan fingerprint density at radius 2 is 1.12 bits per heavy atom. The maximum absolute atomic E-state index is 9.83. The van der Waals surface area contributed by atoms with Crippen molar-refractivity contribution in [2.45, 2.75) is 116 Å². The lowest BCUT2D eigenvalue weighted by Crippen LogP contribution is -2.21. The molecule has 0 radical (unpaired) electrons. The van der Waals surface area contributed by atoms with Crippen molar-refractivity contribution >= 4 is 8.60 Å². The van der Waals surface area contributed by atoms with E-state index in [0.717, 1.165) is 6.42 Å². The average Bonchev–Trinajstić information content (AvgIpc) is 2.76. The van der Waals surface area contributed by atoms with E-state index in [0.29, 0.717) is 19.8 Å². The minimum absolute atomic E-state index is 0.0309. The van der Waals surface area contributed by atoms with E-state index in [-0.39, 0.29) is 13.2 Å². The fourth-order valence-corrected chi connectivity index (χ4v) is 4.12. The number of aliphatic hydroxyl groups is 1. The first kappa shape index (κ1) is 32.2. The maximum Gasteiger partial charge on any atom is 0.329 e. The van der Waals surface area contributed by atoms with Gasteiger partial charge in [0.25, 0.3) is 0 Å². The molecule has 32 heavy (non-hydrogen) atoms. The molecule has 0 aromatic carbocycles. The van der Waals surface area contributed by atoms with Crippen LogP contribution in [0.15, 0.2) is 0 Å². The van der Waals surface area contributed by atoms with Crippen molar-refractivity contribution < 1.29 is 23.8 Å². The molecule has 7 heteroatoms. The summed E-state index contributed by atoms with van der Waals surface area (Å²) in [6.45, 7) is 4.33. The summed E-state index contributed by atoms with van der Waals surface area (Å²) < 4.78 is 15.8. The fourth-order valence-electron chi connectivity index (χ4n) is 3.51. The van der Waals surface area contributed by atoms with Crippen LogP contribution in [-0.2, 0) is 13.8 Å². The highest BCUT2D eigenvalue weighted by Crippen LogP contribution is 2.32. The molecular formula is C25H54NO5P. The number of ether oxygens (including phenoxy) is 1. The highest BCUT2D eigenvalue weighted by molar-refractivity contribution is 7.40. The summed E-state index contributed by atoms with van der Waals surface area (Å²) in [5.74, 6) is 0. The third-order valence-electron chi connectivity index (χ3n) is 5.57. The van der Waals surface area contributed by atoms with Crippen LogP contribution in [0.4, 0.5) is 0 Å². The smallest absolute Gasteiger partial charge is 0.329 e. The van der Waals surface area contributed by atoms with Crippen LogP contribution in [0.1, 0.15) is 110 Å². The number of nitrogens with zero attached hydrogens (tertiary/aromatic N) is 1. The number of rotatable bonds is 26. The van der Waals surface area contributed by atoms with Gasteiger partial charge in [0.15, 0.2) is 0 Å². The van der Waals surface area contributed by atoms with Crippen LogP contribution in [0, 0.1) is 0 Å². The molecule has 0 aliphatic carbocycles. The molecule has 2 atom stereocenters. The van der Waals surface area contributed by atoms with Gasteiger partial charge < -0.3 is 28.7 Å². The van der Waals surface area contributed by atoms with Gasteiger partial charge in [0.1, 0.15) is 6.10 Å². The second kappa shape index (κ2) is 25.8. The number of unbranched alkanes of at least 4 members (excludes halogenated alkanes) is 15. The molecule has 0 spiro atoms. The van der Waals surface area contributed by atoms with Gasteiger partial charge in [0.05, 0.1) is 19.8 Å². The predicted molar refractivity (Wildman–Crippen MR) is 136 cm³/mol. The van der Waals surface area contributed by atoms with Crippen molar-refractivity contribution in [3.63, 3.8) is 0 Å². The summed E-state index contributed by atoms with van der Waals surface area (Å²) in [7, 11) is 1.94. The molecule has 0 aliphatic heterocycles. The summed E-state index contributed by atoms with van der Waals surface area (Å²) in [5, 5.41) is 9.83. The van der Waals surface area contributed by atoms with Gasteiger partial charge in [-0.3, -0.25) is 0 Å². The van der Waals surface area contributed by atoms with Crippen molar-refractivity contribution in [2.24, 2.45) is 0 Å². The Bertz CT molecular complexity index is 363. The van der Waals surface area contributed by atoms with Crippen LogP contribution in [0.3, 0.4) is 0 Å². The van der Waals surface area contributed by atoms with Crippen LogP contribution in [0.5, 0.6) is 0 Å². The molecule has 0 saturated heterocycles. The first-order chi connectivity index (χ1) is 15.6. The van der Waals surface area contributed by atoms with Crippen molar-refractivity contribution in [1.29, 1.82) is 0 Å². The van der Waals surface area contributed by atoms with Gasteiger partial charge in [-0.25, -0.2) is 0 Å². The molecule has 0 amide bonds. The van der Waals surface area contributed by atoms with E-state index >= 15 is 0 Å². The maximum atomic E-state index is 9.83. The van der Waals surface area contributed by atoms with Crippen molar-refractivity contribution in [3.8, 4) is 0 Å². The average molecular weight is 480 g/mol. The van der Waals surface area contributed by atoms with Crippen LogP contribution in [0.2, 0.25) is 0 Å². The van der Waals surface area contributed by atoms with E-state index in [2.05, 4.69) is 6.92 Å².